The molecule has 0 radical (unpaired) electrons. The third-order valence-corrected chi connectivity index (χ3v) is 8.79. The lowest BCUT2D eigenvalue weighted by Crippen LogP contribution is -2.56. The Balaban J connectivity index is 1.68. The van der Waals surface area contributed by atoms with Gasteiger partial charge in [0.05, 0.1) is 6.10 Å². The third-order valence-electron chi connectivity index (χ3n) is 8.79. The molecular weight excluding hydrogens is 398 g/mol. The second-order valence-corrected chi connectivity index (χ2v) is 10.4. The van der Waals surface area contributed by atoms with E-state index >= 15 is 0 Å². The minimum Gasteiger partial charge on any atom is -0.458 e. The van der Waals surface area contributed by atoms with E-state index in [9.17, 15) is 24.7 Å². The zero-order chi connectivity index (χ0) is 22.6. The normalized spacial score (nSPS) is 43.5. The molecule has 3 saturated carbocycles. The number of esters is 1. The molecule has 0 aliphatic heterocycles. The van der Waals surface area contributed by atoms with Crippen LogP contribution in [0.15, 0.2) is 23.8 Å². The molecule has 4 aliphatic carbocycles. The molecular formula is C24H33NO6. The molecule has 4 aliphatic rings. The molecule has 0 saturated heterocycles. The number of ether oxygens (including phenoxy) is 1. The first kappa shape index (κ1) is 22.4. The molecule has 0 aromatic carbocycles. The number of aliphatic hydroxyl groups is 1. The van der Waals surface area contributed by atoms with Gasteiger partial charge in [-0.1, -0.05) is 25.5 Å². The summed E-state index contributed by atoms with van der Waals surface area (Å²) < 4.78 is 5.02. The Kier molecular flexibility index (Phi) is 5.73. The molecule has 0 aromatic heterocycles. The molecule has 3 fully saturated rings. The second kappa shape index (κ2) is 7.94. The van der Waals surface area contributed by atoms with Crippen molar-refractivity contribution in [2.45, 2.75) is 52.6 Å². The Morgan fingerprint density at radius 3 is 2.74 bits per heavy atom. The highest BCUT2D eigenvalue weighted by Gasteiger charge is 2.64. The average Bonchev–Trinajstić information content (AvgIpc) is 2.98. The van der Waals surface area contributed by atoms with Gasteiger partial charge >= 0.3 is 5.97 Å². The lowest BCUT2D eigenvalue weighted by Gasteiger charge is -2.58. The number of allylic oxidation sites excluding steroid dienone is 4. The number of ketones is 2. The van der Waals surface area contributed by atoms with Crippen LogP contribution >= 0.6 is 0 Å². The first-order chi connectivity index (χ1) is 14.6. The summed E-state index contributed by atoms with van der Waals surface area (Å²) >= 11 is 0. The molecule has 0 heterocycles. The highest BCUT2D eigenvalue weighted by molar-refractivity contribution is 6.01. The van der Waals surface area contributed by atoms with E-state index in [0.717, 1.165) is 24.8 Å². The van der Waals surface area contributed by atoms with Crippen LogP contribution in [0.25, 0.3) is 0 Å². The molecule has 0 bridgehead atoms. The maximum atomic E-state index is 13.2. The van der Waals surface area contributed by atoms with E-state index in [1.54, 1.807) is 12.2 Å². The van der Waals surface area contributed by atoms with E-state index in [4.69, 9.17) is 4.74 Å². The van der Waals surface area contributed by atoms with Gasteiger partial charge in [-0.3, -0.25) is 14.4 Å². The standard InChI is InChI=1S/C24H33NO6/c1-13(26)31-12-20(29)21-14(11-25-30)8-18-17-5-4-15-9-16(27)6-7-23(15,2)22(17)19(28)10-24(18,21)3/h6-7,9,14,17-19,21-22,25,28,30H,4-5,8,10-12H2,1-3H3/t14?,17-,18?,19?,21+,22?,23-,24-/m0/s1. The molecule has 31 heavy (non-hydrogen) atoms. The van der Waals surface area contributed by atoms with E-state index in [2.05, 4.69) is 19.3 Å². The van der Waals surface area contributed by atoms with Gasteiger partial charge in [0.15, 0.2) is 11.6 Å². The largest absolute Gasteiger partial charge is 0.458 e. The van der Waals surface area contributed by atoms with E-state index < -0.39 is 23.4 Å². The topological polar surface area (TPSA) is 113 Å². The summed E-state index contributed by atoms with van der Waals surface area (Å²) in [5.74, 6) is -0.727. The highest BCUT2D eigenvalue weighted by atomic mass is 16.5. The number of hydroxylamine groups is 1. The number of rotatable bonds is 5. The summed E-state index contributed by atoms with van der Waals surface area (Å²) in [6.07, 6.45) is 7.63. The number of nitrogens with one attached hydrogen (secondary N) is 1. The van der Waals surface area contributed by atoms with Crippen LogP contribution in [0, 0.1) is 40.4 Å². The van der Waals surface area contributed by atoms with Gasteiger partial charge in [0.25, 0.3) is 0 Å². The van der Waals surface area contributed by atoms with Gasteiger partial charge in [-0.15, -0.1) is 0 Å². The van der Waals surface area contributed by atoms with Crippen molar-refractivity contribution in [3.05, 3.63) is 23.8 Å². The summed E-state index contributed by atoms with van der Waals surface area (Å²) in [6.45, 7) is 5.50. The van der Waals surface area contributed by atoms with Crippen molar-refractivity contribution in [3.8, 4) is 0 Å². The zero-order valence-electron chi connectivity index (χ0n) is 18.5. The van der Waals surface area contributed by atoms with Crippen LogP contribution in [0.3, 0.4) is 0 Å². The van der Waals surface area contributed by atoms with Crippen molar-refractivity contribution in [2.75, 3.05) is 13.2 Å². The summed E-state index contributed by atoms with van der Waals surface area (Å²) in [6, 6.07) is 0. The predicted octanol–water partition coefficient (Wildman–Crippen LogP) is 2.22. The number of aliphatic hydroxyl groups excluding tert-OH is 1. The number of Topliss-reactive ketones (excluding diaryl/α,β-unsaturated/α-hetero) is 1. The Morgan fingerprint density at radius 1 is 1.32 bits per heavy atom. The molecule has 0 aromatic rings. The predicted molar refractivity (Wildman–Crippen MR) is 112 cm³/mol. The quantitative estimate of drug-likeness (QED) is 0.452. The molecule has 0 spiro atoms. The van der Waals surface area contributed by atoms with Crippen LogP contribution in [-0.2, 0) is 19.1 Å². The first-order valence-electron chi connectivity index (χ1n) is 11.3. The third kappa shape index (κ3) is 3.51. The first-order valence-corrected chi connectivity index (χ1v) is 11.3. The fraction of sp³-hybridized carbons (Fsp3) is 0.708. The summed E-state index contributed by atoms with van der Waals surface area (Å²) in [7, 11) is 0. The number of carbonyl (C=O) groups excluding carboxylic acids is 3. The Labute approximate surface area is 182 Å². The molecule has 4 unspecified atom stereocenters. The van der Waals surface area contributed by atoms with Gasteiger partial charge in [0, 0.05) is 30.7 Å². The van der Waals surface area contributed by atoms with E-state index in [-0.39, 0.29) is 53.8 Å². The smallest absolute Gasteiger partial charge is 0.303 e. The second-order valence-electron chi connectivity index (χ2n) is 10.4. The maximum absolute atomic E-state index is 13.2. The molecule has 7 heteroatoms. The van der Waals surface area contributed by atoms with Crippen LogP contribution in [0.2, 0.25) is 0 Å². The molecule has 7 nitrogen and oxygen atoms in total. The van der Waals surface area contributed by atoms with Crippen molar-refractivity contribution in [1.29, 1.82) is 0 Å². The van der Waals surface area contributed by atoms with Crippen molar-refractivity contribution in [2.24, 2.45) is 40.4 Å². The van der Waals surface area contributed by atoms with Gasteiger partial charge in [-0.25, -0.2) is 5.48 Å². The van der Waals surface area contributed by atoms with Crippen molar-refractivity contribution >= 4 is 17.5 Å². The minimum absolute atomic E-state index is 0.00662. The Morgan fingerprint density at radius 2 is 2.06 bits per heavy atom. The van der Waals surface area contributed by atoms with Crippen LogP contribution < -0.4 is 5.48 Å². The van der Waals surface area contributed by atoms with Crippen LogP contribution in [-0.4, -0.2) is 47.1 Å². The van der Waals surface area contributed by atoms with Crippen LogP contribution in [0.5, 0.6) is 0 Å². The molecule has 8 atom stereocenters. The lowest BCUT2D eigenvalue weighted by molar-refractivity contribution is -0.153. The van der Waals surface area contributed by atoms with Crippen LogP contribution in [0.1, 0.15) is 46.5 Å². The summed E-state index contributed by atoms with van der Waals surface area (Å²) in [5.41, 5.74) is 2.54. The van der Waals surface area contributed by atoms with E-state index in [0.29, 0.717) is 6.42 Å². The summed E-state index contributed by atoms with van der Waals surface area (Å²) in [5, 5.41) is 20.8. The number of carbonyl (C=O) groups is 3. The maximum Gasteiger partial charge on any atom is 0.303 e. The van der Waals surface area contributed by atoms with Gasteiger partial charge in [0.2, 0.25) is 0 Å². The van der Waals surface area contributed by atoms with Crippen LogP contribution in [0.4, 0.5) is 0 Å². The molecule has 3 N–H and O–H groups in total. The van der Waals surface area contributed by atoms with E-state index in [1.165, 1.54) is 6.92 Å². The zero-order valence-corrected chi connectivity index (χ0v) is 18.5. The average molecular weight is 432 g/mol. The highest BCUT2D eigenvalue weighted by Crippen LogP contribution is 2.67. The molecule has 170 valence electrons. The fourth-order valence-corrected chi connectivity index (χ4v) is 7.72. The van der Waals surface area contributed by atoms with Crippen molar-refractivity contribution in [3.63, 3.8) is 0 Å². The summed E-state index contributed by atoms with van der Waals surface area (Å²) in [4.78, 5) is 36.4. The SMILES string of the molecule is CC(=O)OCC(=O)[C@H]1C(CNO)CC2[C@@H]3CCC4=CC(=O)C=C[C@]4(C)C3C(O)C[C@@]21C. The van der Waals surface area contributed by atoms with E-state index in [1.807, 2.05) is 6.08 Å². The Bertz CT molecular complexity index is 849. The number of hydrogen-bond donors (Lipinski definition) is 3. The van der Waals surface area contributed by atoms with Crippen molar-refractivity contribution in [1.82, 2.24) is 5.48 Å². The van der Waals surface area contributed by atoms with Gasteiger partial charge < -0.3 is 15.1 Å². The molecule has 4 rings (SSSR count). The fourth-order valence-electron chi connectivity index (χ4n) is 7.72. The van der Waals surface area contributed by atoms with Gasteiger partial charge in [0.1, 0.15) is 6.61 Å². The number of fused-ring (bicyclic) bond motifs is 5. The van der Waals surface area contributed by atoms with Gasteiger partial charge in [-0.05, 0) is 61.0 Å². The number of hydrogen-bond acceptors (Lipinski definition) is 7. The monoisotopic (exact) mass is 431 g/mol. The van der Waals surface area contributed by atoms with Gasteiger partial charge in [-0.2, -0.15) is 0 Å². The lowest BCUT2D eigenvalue weighted by atomic mass is 9.46. The Hall–Kier alpha value is -1.83. The van der Waals surface area contributed by atoms with Crippen molar-refractivity contribution < 1.29 is 29.4 Å². The molecule has 0 amide bonds. The minimum atomic E-state index is -0.609.